The third kappa shape index (κ3) is 8.37. The van der Waals surface area contributed by atoms with E-state index in [1.54, 1.807) is 4.90 Å². The van der Waals surface area contributed by atoms with E-state index in [9.17, 15) is 9.59 Å². The minimum Gasteiger partial charge on any atom is -0.490 e. The van der Waals surface area contributed by atoms with E-state index in [-0.39, 0.29) is 18.2 Å². The predicted molar refractivity (Wildman–Crippen MR) is 151 cm³/mol. The molecule has 0 saturated heterocycles. The van der Waals surface area contributed by atoms with Gasteiger partial charge in [0, 0.05) is 25.9 Å². The summed E-state index contributed by atoms with van der Waals surface area (Å²) >= 11 is 0. The molecule has 0 unspecified atom stereocenters. The van der Waals surface area contributed by atoms with Crippen molar-refractivity contribution in [2.75, 3.05) is 19.8 Å². The highest BCUT2D eigenvalue weighted by atomic mass is 16.5. The second-order valence-corrected chi connectivity index (χ2v) is 9.25. The molecule has 1 N–H and O–H groups in total. The molecule has 0 bridgehead atoms. The highest BCUT2D eigenvalue weighted by molar-refractivity contribution is 5.88. The van der Waals surface area contributed by atoms with Gasteiger partial charge in [0.25, 0.3) is 0 Å². The molecule has 0 saturated carbocycles. The van der Waals surface area contributed by atoms with E-state index in [1.807, 2.05) is 100 Å². The highest BCUT2D eigenvalue weighted by Gasteiger charge is 2.30. The summed E-state index contributed by atoms with van der Waals surface area (Å²) in [6, 6.07) is 23.2. The number of benzene rings is 3. The van der Waals surface area contributed by atoms with E-state index in [1.165, 1.54) is 0 Å². The molecule has 6 heteroatoms. The molecule has 3 rings (SSSR count). The second kappa shape index (κ2) is 14.8. The Bertz CT molecular complexity index is 1160. The Hall–Kier alpha value is -3.80. The first-order chi connectivity index (χ1) is 18.4. The topological polar surface area (TPSA) is 67.9 Å². The molecule has 2 amide bonds. The molecule has 3 aromatic rings. The van der Waals surface area contributed by atoms with Crippen LogP contribution in [-0.4, -0.2) is 42.5 Å². The van der Waals surface area contributed by atoms with Gasteiger partial charge in [0.05, 0.1) is 13.2 Å². The Morgan fingerprint density at radius 3 is 2.13 bits per heavy atom. The Labute approximate surface area is 227 Å². The molecule has 0 heterocycles. The minimum atomic E-state index is -0.620. The number of hydrogen-bond donors (Lipinski definition) is 1. The highest BCUT2D eigenvalue weighted by Crippen LogP contribution is 2.29. The average molecular weight is 517 g/mol. The van der Waals surface area contributed by atoms with Crippen LogP contribution >= 0.6 is 0 Å². The minimum absolute atomic E-state index is 0.0652. The van der Waals surface area contributed by atoms with E-state index < -0.39 is 6.04 Å². The van der Waals surface area contributed by atoms with Crippen molar-refractivity contribution in [3.05, 3.63) is 95.1 Å². The van der Waals surface area contributed by atoms with E-state index in [4.69, 9.17) is 9.47 Å². The summed E-state index contributed by atoms with van der Waals surface area (Å²) in [6.45, 7) is 9.74. The fraction of sp³-hybridized carbons (Fsp3) is 0.375. The Morgan fingerprint density at radius 2 is 1.47 bits per heavy atom. The molecule has 38 heavy (non-hydrogen) atoms. The van der Waals surface area contributed by atoms with Gasteiger partial charge in [-0.2, -0.15) is 0 Å². The van der Waals surface area contributed by atoms with Crippen LogP contribution in [0.5, 0.6) is 11.5 Å². The van der Waals surface area contributed by atoms with Gasteiger partial charge in [-0.3, -0.25) is 9.59 Å². The zero-order valence-electron chi connectivity index (χ0n) is 23.0. The summed E-state index contributed by atoms with van der Waals surface area (Å²) in [6.07, 6.45) is 1.25. The van der Waals surface area contributed by atoms with Crippen molar-refractivity contribution in [3.8, 4) is 11.5 Å². The quantitative estimate of drug-likeness (QED) is 0.307. The van der Waals surface area contributed by atoms with Crippen molar-refractivity contribution in [1.29, 1.82) is 0 Å². The first-order valence-electron chi connectivity index (χ1n) is 13.5. The Balaban J connectivity index is 1.87. The molecule has 202 valence electrons. The first kappa shape index (κ1) is 28.8. The van der Waals surface area contributed by atoms with Crippen LogP contribution in [-0.2, 0) is 29.0 Å². The number of likely N-dealkylation sites (N-methyl/N-ethyl adjacent to an activating group) is 1. The lowest BCUT2D eigenvalue weighted by molar-refractivity contribution is -0.141. The van der Waals surface area contributed by atoms with Crippen LogP contribution in [0, 0.1) is 6.92 Å². The third-order valence-electron chi connectivity index (χ3n) is 6.33. The molecule has 0 aliphatic carbocycles. The molecule has 6 nitrogen and oxygen atoms in total. The molecule has 3 aromatic carbocycles. The maximum Gasteiger partial charge on any atom is 0.243 e. The van der Waals surface area contributed by atoms with Crippen molar-refractivity contribution >= 4 is 11.8 Å². The molecule has 0 aliphatic heterocycles. The van der Waals surface area contributed by atoms with Crippen molar-refractivity contribution in [3.63, 3.8) is 0 Å². The van der Waals surface area contributed by atoms with Crippen LogP contribution in [0.2, 0.25) is 0 Å². The van der Waals surface area contributed by atoms with Gasteiger partial charge in [0.1, 0.15) is 6.04 Å². The predicted octanol–water partition coefficient (Wildman–Crippen LogP) is 5.50. The van der Waals surface area contributed by atoms with Crippen molar-refractivity contribution in [1.82, 2.24) is 10.2 Å². The summed E-state index contributed by atoms with van der Waals surface area (Å²) in [7, 11) is 0. The van der Waals surface area contributed by atoms with E-state index >= 15 is 0 Å². The number of aryl methyl sites for hydroxylation is 2. The molecular weight excluding hydrogens is 476 g/mol. The average Bonchev–Trinajstić information content (AvgIpc) is 2.92. The van der Waals surface area contributed by atoms with Gasteiger partial charge in [-0.1, -0.05) is 66.2 Å². The lowest BCUT2D eigenvalue weighted by Gasteiger charge is -2.31. The van der Waals surface area contributed by atoms with Crippen molar-refractivity contribution < 1.29 is 19.1 Å². The smallest absolute Gasteiger partial charge is 0.243 e. The van der Waals surface area contributed by atoms with Gasteiger partial charge in [-0.15, -0.1) is 0 Å². The zero-order valence-corrected chi connectivity index (χ0v) is 23.0. The fourth-order valence-corrected chi connectivity index (χ4v) is 4.38. The zero-order chi connectivity index (χ0) is 27.3. The van der Waals surface area contributed by atoms with Crippen molar-refractivity contribution in [2.45, 2.75) is 59.5 Å². The number of carbonyl (C=O) groups excluding carboxylic acids is 2. The molecule has 0 aromatic heterocycles. The van der Waals surface area contributed by atoms with E-state index in [0.29, 0.717) is 50.6 Å². The van der Waals surface area contributed by atoms with Gasteiger partial charge >= 0.3 is 0 Å². The van der Waals surface area contributed by atoms with Gasteiger partial charge in [0.2, 0.25) is 11.8 Å². The lowest BCUT2D eigenvalue weighted by Crippen LogP contribution is -2.50. The van der Waals surface area contributed by atoms with E-state index in [2.05, 4.69) is 5.32 Å². The lowest BCUT2D eigenvalue weighted by atomic mass is 10.0. The van der Waals surface area contributed by atoms with Crippen LogP contribution < -0.4 is 14.8 Å². The fourth-order valence-electron chi connectivity index (χ4n) is 4.38. The number of rotatable bonds is 14. The monoisotopic (exact) mass is 516 g/mol. The van der Waals surface area contributed by atoms with Crippen LogP contribution in [0.4, 0.5) is 0 Å². The van der Waals surface area contributed by atoms with Crippen LogP contribution in [0.3, 0.4) is 0 Å². The van der Waals surface area contributed by atoms with Gasteiger partial charge in [-0.05, 0) is 62.9 Å². The number of hydrogen-bond acceptors (Lipinski definition) is 4. The maximum absolute atomic E-state index is 13.8. The number of nitrogens with one attached hydrogen (secondary N) is 1. The molecule has 0 radical (unpaired) electrons. The van der Waals surface area contributed by atoms with Gasteiger partial charge in [0.15, 0.2) is 11.5 Å². The summed E-state index contributed by atoms with van der Waals surface area (Å²) in [5, 5.41) is 2.95. The third-order valence-corrected chi connectivity index (χ3v) is 6.33. The molecule has 1 atom stereocenters. The van der Waals surface area contributed by atoms with Gasteiger partial charge in [-0.25, -0.2) is 0 Å². The molecular formula is C32H40N2O4. The maximum atomic E-state index is 13.8. The number of amides is 2. The second-order valence-electron chi connectivity index (χ2n) is 9.25. The number of carbonyl (C=O) groups is 2. The molecule has 0 aliphatic rings. The Kier molecular flexibility index (Phi) is 11.2. The van der Waals surface area contributed by atoms with Crippen LogP contribution in [0.15, 0.2) is 72.8 Å². The van der Waals surface area contributed by atoms with Crippen LogP contribution in [0.25, 0.3) is 0 Å². The summed E-state index contributed by atoms with van der Waals surface area (Å²) in [5.74, 6) is 1.17. The number of nitrogens with zero attached hydrogens (tertiary/aromatic N) is 1. The molecule has 0 spiro atoms. The summed E-state index contributed by atoms with van der Waals surface area (Å²) in [5.41, 5.74) is 4.14. The Morgan fingerprint density at radius 1 is 0.816 bits per heavy atom. The van der Waals surface area contributed by atoms with Crippen molar-refractivity contribution in [2.24, 2.45) is 0 Å². The summed E-state index contributed by atoms with van der Waals surface area (Å²) < 4.78 is 11.4. The summed E-state index contributed by atoms with van der Waals surface area (Å²) in [4.78, 5) is 28.8. The largest absolute Gasteiger partial charge is 0.490 e. The first-order valence-corrected chi connectivity index (χ1v) is 13.5. The van der Waals surface area contributed by atoms with Gasteiger partial charge < -0.3 is 19.7 Å². The SMILES string of the molecule is CCNC(=O)[C@H](Cc1ccccc1)N(Cc1ccc(C)cc1)C(=O)CCc1ccc(OCC)c(OCC)c1. The molecule has 0 fully saturated rings. The van der Waals surface area contributed by atoms with E-state index in [0.717, 1.165) is 22.3 Å². The standard InChI is InChI=1S/C32H40N2O4/c1-5-33-32(36)28(21-25-11-9-8-10-12-25)34(23-27-15-13-24(4)14-16-27)31(35)20-18-26-17-19-29(37-6-2)30(22-26)38-7-3/h8-17,19,22,28H,5-7,18,20-21,23H2,1-4H3,(H,33,36)/t28-/m0/s1. The van der Waals surface area contributed by atoms with Crippen LogP contribution in [0.1, 0.15) is 49.4 Å². The normalized spacial score (nSPS) is 11.5. The number of ether oxygens (including phenoxy) is 2.